The van der Waals surface area contributed by atoms with Crippen molar-refractivity contribution in [3.63, 3.8) is 0 Å². The van der Waals surface area contributed by atoms with Crippen LogP contribution in [0.1, 0.15) is 34.9 Å². The van der Waals surface area contributed by atoms with Gasteiger partial charge in [-0.1, -0.05) is 25.1 Å². The predicted octanol–water partition coefficient (Wildman–Crippen LogP) is 3.95. The number of carbonyl (C=O) groups is 1. The SMILES string of the molecule is C[C@H]1CCc2c(sc(NC(=O)CN(C)Cc3ccccc3F)c2C#N)C1. The van der Waals surface area contributed by atoms with E-state index in [0.29, 0.717) is 28.6 Å². The lowest BCUT2D eigenvalue weighted by molar-refractivity contribution is -0.117. The number of hydrogen-bond donors (Lipinski definition) is 1. The molecule has 2 aromatic rings. The van der Waals surface area contributed by atoms with Crippen LogP contribution in [0.25, 0.3) is 0 Å². The maximum Gasteiger partial charge on any atom is 0.239 e. The first kappa shape index (κ1) is 18.6. The third kappa shape index (κ3) is 4.12. The van der Waals surface area contributed by atoms with Gasteiger partial charge in [-0.2, -0.15) is 5.26 Å². The second-order valence-electron chi connectivity index (χ2n) is 6.98. The number of nitrogens with one attached hydrogen (secondary N) is 1. The van der Waals surface area contributed by atoms with Crippen molar-refractivity contribution in [1.82, 2.24) is 4.90 Å². The van der Waals surface area contributed by atoms with Crippen molar-refractivity contribution in [2.45, 2.75) is 32.7 Å². The number of anilines is 1. The summed E-state index contributed by atoms with van der Waals surface area (Å²) in [5.41, 5.74) is 2.27. The fourth-order valence-corrected chi connectivity index (χ4v) is 4.72. The number of carbonyl (C=O) groups excluding carboxylic acids is 1. The maximum absolute atomic E-state index is 13.7. The van der Waals surface area contributed by atoms with E-state index in [1.165, 1.54) is 22.3 Å². The molecule has 1 aromatic carbocycles. The molecule has 1 N–H and O–H groups in total. The van der Waals surface area contributed by atoms with Crippen LogP contribution in [-0.2, 0) is 24.2 Å². The van der Waals surface area contributed by atoms with Gasteiger partial charge in [0.1, 0.15) is 16.9 Å². The van der Waals surface area contributed by atoms with Crippen LogP contribution in [0.5, 0.6) is 0 Å². The van der Waals surface area contributed by atoms with Gasteiger partial charge in [-0.15, -0.1) is 11.3 Å². The van der Waals surface area contributed by atoms with Gasteiger partial charge in [0.05, 0.1) is 12.1 Å². The van der Waals surface area contributed by atoms with Gasteiger partial charge in [-0.3, -0.25) is 9.69 Å². The Labute approximate surface area is 157 Å². The summed E-state index contributed by atoms with van der Waals surface area (Å²) in [6, 6.07) is 8.82. The Morgan fingerprint density at radius 1 is 1.46 bits per heavy atom. The molecule has 0 unspecified atom stereocenters. The van der Waals surface area contributed by atoms with E-state index in [1.807, 2.05) is 0 Å². The molecule has 1 amide bonds. The monoisotopic (exact) mass is 371 g/mol. The van der Waals surface area contributed by atoms with E-state index in [9.17, 15) is 14.4 Å². The van der Waals surface area contributed by atoms with Crippen LogP contribution in [0.2, 0.25) is 0 Å². The lowest BCUT2D eigenvalue weighted by Gasteiger charge is -2.17. The van der Waals surface area contributed by atoms with Crippen molar-refractivity contribution in [2.75, 3.05) is 18.9 Å². The number of amides is 1. The van der Waals surface area contributed by atoms with Gasteiger partial charge in [0, 0.05) is 17.0 Å². The zero-order chi connectivity index (χ0) is 18.7. The van der Waals surface area contributed by atoms with Crippen molar-refractivity contribution in [1.29, 1.82) is 5.26 Å². The summed E-state index contributed by atoms with van der Waals surface area (Å²) >= 11 is 1.52. The average Bonchev–Trinajstić information content (AvgIpc) is 2.92. The summed E-state index contributed by atoms with van der Waals surface area (Å²) in [6.07, 6.45) is 2.95. The number of benzene rings is 1. The summed E-state index contributed by atoms with van der Waals surface area (Å²) in [5, 5.41) is 13.0. The van der Waals surface area contributed by atoms with Gasteiger partial charge in [0.15, 0.2) is 0 Å². The van der Waals surface area contributed by atoms with E-state index < -0.39 is 0 Å². The second-order valence-corrected chi connectivity index (χ2v) is 8.08. The molecule has 6 heteroatoms. The Bertz CT molecular complexity index is 855. The number of rotatable bonds is 5. The Balaban J connectivity index is 1.65. The number of thiophene rings is 1. The molecule has 0 aliphatic heterocycles. The fourth-order valence-electron chi connectivity index (χ4n) is 3.34. The van der Waals surface area contributed by atoms with Crippen LogP contribution < -0.4 is 5.32 Å². The first-order valence-electron chi connectivity index (χ1n) is 8.74. The third-order valence-electron chi connectivity index (χ3n) is 4.69. The van der Waals surface area contributed by atoms with Crippen LogP contribution in [0, 0.1) is 23.1 Å². The normalized spacial score (nSPS) is 16.2. The van der Waals surface area contributed by atoms with E-state index in [0.717, 1.165) is 24.8 Å². The van der Waals surface area contributed by atoms with Crippen LogP contribution in [0.4, 0.5) is 9.39 Å². The molecule has 1 aliphatic carbocycles. The van der Waals surface area contributed by atoms with E-state index in [4.69, 9.17) is 0 Å². The fraction of sp³-hybridized carbons (Fsp3) is 0.400. The van der Waals surface area contributed by atoms with E-state index in [1.54, 1.807) is 30.1 Å². The molecule has 1 atom stereocenters. The highest BCUT2D eigenvalue weighted by Gasteiger charge is 2.24. The molecule has 26 heavy (non-hydrogen) atoms. The highest BCUT2D eigenvalue weighted by Crippen LogP contribution is 2.39. The Kier molecular flexibility index (Phi) is 5.70. The number of likely N-dealkylation sites (N-methyl/N-ethyl adjacent to an activating group) is 1. The molecule has 0 spiro atoms. The van der Waals surface area contributed by atoms with Crippen molar-refractivity contribution in [3.8, 4) is 6.07 Å². The van der Waals surface area contributed by atoms with Gasteiger partial charge in [-0.25, -0.2) is 4.39 Å². The Hall–Kier alpha value is -2.23. The van der Waals surface area contributed by atoms with Crippen LogP contribution >= 0.6 is 11.3 Å². The second kappa shape index (κ2) is 7.98. The molecule has 0 fully saturated rings. The van der Waals surface area contributed by atoms with Crippen molar-refractivity contribution >= 4 is 22.2 Å². The topological polar surface area (TPSA) is 56.1 Å². The molecule has 0 radical (unpaired) electrons. The molecule has 136 valence electrons. The van der Waals surface area contributed by atoms with Gasteiger partial charge >= 0.3 is 0 Å². The van der Waals surface area contributed by atoms with Gasteiger partial charge in [0.2, 0.25) is 5.91 Å². The minimum atomic E-state index is -0.272. The molecule has 0 saturated carbocycles. The minimum absolute atomic E-state index is 0.137. The van der Waals surface area contributed by atoms with E-state index in [2.05, 4.69) is 18.3 Å². The average molecular weight is 371 g/mol. The largest absolute Gasteiger partial charge is 0.315 e. The highest BCUT2D eigenvalue weighted by atomic mass is 32.1. The van der Waals surface area contributed by atoms with Gasteiger partial charge in [0.25, 0.3) is 0 Å². The number of hydrogen-bond acceptors (Lipinski definition) is 4. The lowest BCUT2D eigenvalue weighted by atomic mass is 9.89. The van der Waals surface area contributed by atoms with Crippen molar-refractivity contribution in [3.05, 3.63) is 51.7 Å². The van der Waals surface area contributed by atoms with Crippen molar-refractivity contribution < 1.29 is 9.18 Å². The predicted molar refractivity (Wildman–Crippen MR) is 102 cm³/mol. The summed E-state index contributed by atoms with van der Waals surface area (Å²) in [4.78, 5) is 15.4. The standard InChI is InChI=1S/C20H22FN3OS/c1-13-7-8-15-16(10-22)20(26-18(15)9-13)23-19(25)12-24(2)11-14-5-3-4-6-17(14)21/h3-6,13H,7-9,11-12H2,1-2H3,(H,23,25)/t13-/m0/s1. The van der Waals surface area contributed by atoms with Crippen LogP contribution in [0.15, 0.2) is 24.3 Å². The summed E-state index contributed by atoms with van der Waals surface area (Å²) in [5.74, 6) is 0.154. The number of halogens is 1. The Morgan fingerprint density at radius 3 is 2.96 bits per heavy atom. The number of nitriles is 1. The molecule has 3 rings (SSSR count). The summed E-state index contributed by atoms with van der Waals surface area (Å²) < 4.78 is 13.7. The van der Waals surface area contributed by atoms with Gasteiger partial charge < -0.3 is 5.32 Å². The van der Waals surface area contributed by atoms with Crippen LogP contribution in [-0.4, -0.2) is 24.4 Å². The molecule has 0 bridgehead atoms. The molecule has 0 saturated heterocycles. The summed E-state index contributed by atoms with van der Waals surface area (Å²) in [6.45, 7) is 2.70. The van der Waals surface area contributed by atoms with Crippen molar-refractivity contribution in [2.24, 2.45) is 5.92 Å². The van der Waals surface area contributed by atoms with Crippen LogP contribution in [0.3, 0.4) is 0 Å². The molecule has 1 aliphatic rings. The quantitative estimate of drug-likeness (QED) is 0.866. The zero-order valence-electron chi connectivity index (χ0n) is 15.0. The van der Waals surface area contributed by atoms with E-state index >= 15 is 0 Å². The van der Waals surface area contributed by atoms with Gasteiger partial charge in [-0.05, 0) is 43.9 Å². The summed E-state index contributed by atoms with van der Waals surface area (Å²) in [7, 11) is 1.78. The molecular formula is C20H22FN3OS. The maximum atomic E-state index is 13.7. The lowest BCUT2D eigenvalue weighted by Crippen LogP contribution is -2.30. The number of nitrogens with zero attached hydrogens (tertiary/aromatic N) is 2. The minimum Gasteiger partial charge on any atom is -0.315 e. The zero-order valence-corrected chi connectivity index (χ0v) is 15.8. The molecular weight excluding hydrogens is 349 g/mol. The smallest absolute Gasteiger partial charge is 0.239 e. The molecule has 1 heterocycles. The first-order valence-corrected chi connectivity index (χ1v) is 9.56. The Morgan fingerprint density at radius 2 is 2.23 bits per heavy atom. The highest BCUT2D eigenvalue weighted by molar-refractivity contribution is 7.16. The first-order chi connectivity index (χ1) is 12.5. The third-order valence-corrected chi connectivity index (χ3v) is 5.86. The molecule has 4 nitrogen and oxygen atoms in total. The molecule has 1 aromatic heterocycles. The number of fused-ring (bicyclic) bond motifs is 1. The van der Waals surface area contributed by atoms with E-state index in [-0.39, 0.29) is 18.3 Å².